The van der Waals surface area contributed by atoms with Crippen molar-refractivity contribution in [2.45, 2.75) is 13.3 Å². The zero-order chi connectivity index (χ0) is 13.2. The molecule has 3 aromatic heterocycles. The summed E-state index contributed by atoms with van der Waals surface area (Å²) >= 11 is 1.69. The zero-order valence-corrected chi connectivity index (χ0v) is 11.9. The number of nitrogens with one attached hydrogen (secondary N) is 1. The van der Waals surface area contributed by atoms with Gasteiger partial charge in [0.2, 0.25) is 0 Å². The van der Waals surface area contributed by atoms with Crippen molar-refractivity contribution in [1.29, 1.82) is 0 Å². The van der Waals surface area contributed by atoms with E-state index in [0.29, 0.717) is 0 Å². The van der Waals surface area contributed by atoms with Gasteiger partial charge in [-0.25, -0.2) is 9.97 Å². The molecule has 0 saturated carbocycles. The van der Waals surface area contributed by atoms with Crippen molar-refractivity contribution >= 4 is 27.5 Å². The molecule has 0 spiro atoms. The van der Waals surface area contributed by atoms with Crippen molar-refractivity contribution in [1.82, 2.24) is 15.0 Å². The van der Waals surface area contributed by atoms with Gasteiger partial charge in [-0.1, -0.05) is 6.92 Å². The van der Waals surface area contributed by atoms with E-state index in [4.69, 9.17) is 4.98 Å². The van der Waals surface area contributed by atoms with Crippen LogP contribution in [0.1, 0.15) is 13.3 Å². The lowest BCUT2D eigenvalue weighted by Crippen LogP contribution is -2.17. The van der Waals surface area contributed by atoms with Crippen LogP contribution in [0.25, 0.3) is 22.3 Å². The summed E-state index contributed by atoms with van der Waals surface area (Å²) in [7, 11) is 2.09. The molecule has 0 fully saturated rings. The average molecular weight is 272 g/mol. The number of fused-ring (bicyclic) bond motifs is 1. The lowest BCUT2D eigenvalue weighted by molar-refractivity contribution is 0.848. The second-order valence-electron chi connectivity index (χ2n) is 4.54. The molecule has 1 N–H and O–H groups in total. The minimum absolute atomic E-state index is 0.911. The monoisotopic (exact) mass is 272 g/mol. The molecule has 0 aromatic carbocycles. The van der Waals surface area contributed by atoms with Gasteiger partial charge in [-0.05, 0) is 18.6 Å². The Labute approximate surface area is 116 Å². The van der Waals surface area contributed by atoms with Crippen molar-refractivity contribution in [2.24, 2.45) is 0 Å². The number of nitrogens with zero attached hydrogens (tertiary/aromatic N) is 3. The molecule has 3 heterocycles. The van der Waals surface area contributed by atoms with Gasteiger partial charge in [-0.3, -0.25) is 0 Å². The number of hydrogen-bond acceptors (Lipinski definition) is 4. The third-order valence-corrected chi connectivity index (χ3v) is 4.07. The lowest BCUT2D eigenvalue weighted by atomic mass is 10.1. The Kier molecular flexibility index (Phi) is 3.21. The Hall–Kier alpha value is -1.88. The van der Waals surface area contributed by atoms with Crippen LogP contribution in [-0.2, 0) is 0 Å². The molecule has 3 rings (SSSR count). The predicted molar refractivity (Wildman–Crippen MR) is 80.8 cm³/mol. The molecule has 98 valence electrons. The molecule has 0 aliphatic rings. The molecule has 0 radical (unpaired) electrons. The Morgan fingerprint density at radius 3 is 3.11 bits per heavy atom. The van der Waals surface area contributed by atoms with E-state index in [1.165, 1.54) is 0 Å². The van der Waals surface area contributed by atoms with Crippen molar-refractivity contribution in [3.05, 3.63) is 29.9 Å². The van der Waals surface area contributed by atoms with Crippen molar-refractivity contribution in [3.8, 4) is 11.3 Å². The Balaban J connectivity index is 2.00. The highest BCUT2D eigenvalue weighted by atomic mass is 32.1. The van der Waals surface area contributed by atoms with Crippen LogP contribution in [0.2, 0.25) is 0 Å². The molecule has 0 saturated heterocycles. The molecule has 0 amide bonds. The first-order valence-electron chi connectivity index (χ1n) is 6.38. The lowest BCUT2D eigenvalue weighted by Gasteiger charge is -2.13. The fourth-order valence-electron chi connectivity index (χ4n) is 2.18. The first kappa shape index (κ1) is 12.2. The maximum atomic E-state index is 4.73. The predicted octanol–water partition coefficient (Wildman–Crippen LogP) is 3.53. The number of thiazole rings is 1. The van der Waals surface area contributed by atoms with Crippen LogP contribution in [0.4, 0.5) is 5.13 Å². The summed E-state index contributed by atoms with van der Waals surface area (Å²) in [5.41, 5.74) is 3.07. The standard InChI is InChI=1S/C14H16N4S/c1-3-8-18(2)14-17-12(9-19-14)10-4-6-15-13-11(10)5-7-16-13/h4-7,9H,3,8H2,1-2H3,(H,15,16). The van der Waals surface area contributed by atoms with E-state index in [2.05, 4.69) is 34.2 Å². The Morgan fingerprint density at radius 2 is 2.26 bits per heavy atom. The summed E-state index contributed by atoms with van der Waals surface area (Å²) in [6.07, 6.45) is 4.86. The molecule has 0 atom stereocenters. The highest BCUT2D eigenvalue weighted by Gasteiger charge is 2.11. The van der Waals surface area contributed by atoms with Crippen molar-refractivity contribution < 1.29 is 0 Å². The van der Waals surface area contributed by atoms with E-state index >= 15 is 0 Å². The normalized spacial score (nSPS) is 11.1. The number of pyridine rings is 1. The van der Waals surface area contributed by atoms with Gasteiger partial charge >= 0.3 is 0 Å². The average Bonchev–Trinajstić information content (AvgIpc) is 3.07. The van der Waals surface area contributed by atoms with E-state index in [-0.39, 0.29) is 0 Å². The van der Waals surface area contributed by atoms with Crippen LogP contribution in [0.15, 0.2) is 29.9 Å². The minimum atomic E-state index is 0.911. The van der Waals surface area contributed by atoms with Gasteiger partial charge in [0, 0.05) is 42.3 Å². The van der Waals surface area contributed by atoms with Gasteiger partial charge in [0.15, 0.2) is 5.13 Å². The first-order valence-corrected chi connectivity index (χ1v) is 7.26. The number of anilines is 1. The van der Waals surface area contributed by atoms with Gasteiger partial charge in [-0.2, -0.15) is 0 Å². The number of hydrogen-bond donors (Lipinski definition) is 1. The van der Waals surface area contributed by atoms with E-state index < -0.39 is 0 Å². The maximum Gasteiger partial charge on any atom is 0.185 e. The van der Waals surface area contributed by atoms with E-state index in [0.717, 1.165) is 40.4 Å². The maximum absolute atomic E-state index is 4.73. The summed E-state index contributed by atoms with van der Waals surface area (Å²) in [5, 5.41) is 4.30. The SMILES string of the molecule is CCCN(C)c1nc(-c2ccnc3[nH]ccc23)cs1. The zero-order valence-electron chi connectivity index (χ0n) is 11.1. The third kappa shape index (κ3) is 2.21. The van der Waals surface area contributed by atoms with Gasteiger partial charge in [0.1, 0.15) is 5.65 Å². The summed E-state index contributed by atoms with van der Waals surface area (Å²) in [5.74, 6) is 0. The molecule has 19 heavy (non-hydrogen) atoms. The molecule has 5 heteroatoms. The molecular formula is C14H16N4S. The summed E-state index contributed by atoms with van der Waals surface area (Å²) < 4.78 is 0. The van der Waals surface area contributed by atoms with Gasteiger partial charge < -0.3 is 9.88 Å². The largest absolute Gasteiger partial charge is 0.351 e. The summed E-state index contributed by atoms with van der Waals surface area (Å²) in [6, 6.07) is 4.07. The summed E-state index contributed by atoms with van der Waals surface area (Å²) in [6.45, 7) is 3.21. The number of H-pyrrole nitrogens is 1. The number of aromatic nitrogens is 3. The minimum Gasteiger partial charge on any atom is -0.351 e. The molecule has 3 aromatic rings. The highest BCUT2D eigenvalue weighted by molar-refractivity contribution is 7.14. The van der Waals surface area contributed by atoms with Gasteiger partial charge in [0.25, 0.3) is 0 Å². The van der Waals surface area contributed by atoms with Gasteiger partial charge in [-0.15, -0.1) is 11.3 Å². The van der Waals surface area contributed by atoms with Gasteiger partial charge in [0.05, 0.1) is 5.69 Å². The Bertz CT molecular complexity index is 685. The topological polar surface area (TPSA) is 44.8 Å². The quantitative estimate of drug-likeness (QED) is 0.790. The van der Waals surface area contributed by atoms with E-state index in [1.54, 1.807) is 11.3 Å². The second-order valence-corrected chi connectivity index (χ2v) is 5.37. The highest BCUT2D eigenvalue weighted by Crippen LogP contribution is 2.30. The van der Waals surface area contributed by atoms with Crippen LogP contribution < -0.4 is 4.90 Å². The summed E-state index contributed by atoms with van der Waals surface area (Å²) in [4.78, 5) is 14.4. The fraction of sp³-hybridized carbons (Fsp3) is 0.286. The molecule has 0 unspecified atom stereocenters. The molecule has 4 nitrogen and oxygen atoms in total. The molecular weight excluding hydrogens is 256 g/mol. The van der Waals surface area contributed by atoms with Crippen LogP contribution in [0.5, 0.6) is 0 Å². The Morgan fingerprint density at radius 1 is 1.37 bits per heavy atom. The smallest absolute Gasteiger partial charge is 0.185 e. The van der Waals surface area contributed by atoms with Crippen molar-refractivity contribution in [2.75, 3.05) is 18.5 Å². The number of rotatable bonds is 4. The molecule has 0 bridgehead atoms. The first-order chi connectivity index (χ1) is 9.29. The third-order valence-electron chi connectivity index (χ3n) is 3.11. The van der Waals surface area contributed by atoms with Crippen LogP contribution in [0.3, 0.4) is 0 Å². The van der Waals surface area contributed by atoms with Crippen LogP contribution >= 0.6 is 11.3 Å². The second kappa shape index (κ2) is 5.01. The number of aromatic amines is 1. The fourth-order valence-corrected chi connectivity index (χ4v) is 3.00. The molecule has 0 aliphatic carbocycles. The van der Waals surface area contributed by atoms with Crippen molar-refractivity contribution in [3.63, 3.8) is 0 Å². The van der Waals surface area contributed by atoms with E-state index in [1.807, 2.05) is 24.5 Å². The van der Waals surface area contributed by atoms with E-state index in [9.17, 15) is 0 Å². The van der Waals surface area contributed by atoms with Crippen LogP contribution in [-0.4, -0.2) is 28.5 Å². The van der Waals surface area contributed by atoms with Crippen LogP contribution in [0, 0.1) is 0 Å². The molecule has 0 aliphatic heterocycles.